The van der Waals surface area contributed by atoms with Crippen molar-refractivity contribution in [1.82, 2.24) is 15.1 Å². The number of nitrogens with zero attached hydrogens (tertiary/aromatic N) is 2. The molecule has 1 atom stereocenters. The van der Waals surface area contributed by atoms with E-state index in [2.05, 4.69) is 36.2 Å². The van der Waals surface area contributed by atoms with Gasteiger partial charge in [-0.05, 0) is 18.7 Å². The van der Waals surface area contributed by atoms with Gasteiger partial charge in [0.05, 0.1) is 6.04 Å². The van der Waals surface area contributed by atoms with Crippen molar-refractivity contribution >= 4 is 17.7 Å². The molecule has 0 radical (unpaired) electrons. The lowest BCUT2D eigenvalue weighted by atomic mass is 10.1. The Morgan fingerprint density at radius 3 is 2.28 bits per heavy atom. The highest BCUT2D eigenvalue weighted by Gasteiger charge is 2.29. The molecule has 0 aliphatic carbocycles. The van der Waals surface area contributed by atoms with Crippen LogP contribution in [0.25, 0.3) is 0 Å². The summed E-state index contributed by atoms with van der Waals surface area (Å²) in [6, 6.07) is 10.2. The largest absolute Gasteiger partial charge is 0.354 e. The molecule has 0 saturated carbocycles. The number of likely N-dealkylation sites (N-methyl/N-ethyl adjacent to an activating group) is 1. The van der Waals surface area contributed by atoms with Crippen LogP contribution in [0.2, 0.25) is 0 Å². The van der Waals surface area contributed by atoms with Crippen molar-refractivity contribution in [2.75, 3.05) is 26.2 Å². The lowest BCUT2D eigenvalue weighted by Gasteiger charge is -2.30. The summed E-state index contributed by atoms with van der Waals surface area (Å²) in [6.07, 6.45) is 0.675. The van der Waals surface area contributed by atoms with Gasteiger partial charge in [0, 0.05) is 32.4 Å². The third kappa shape index (κ3) is 5.13. The second-order valence-electron chi connectivity index (χ2n) is 6.14. The summed E-state index contributed by atoms with van der Waals surface area (Å²) in [5.74, 6) is -0.494. The van der Waals surface area contributed by atoms with E-state index in [1.165, 1.54) is 4.90 Å². The van der Waals surface area contributed by atoms with Gasteiger partial charge in [-0.3, -0.25) is 24.2 Å². The van der Waals surface area contributed by atoms with Gasteiger partial charge in [-0.15, -0.1) is 0 Å². The van der Waals surface area contributed by atoms with E-state index in [0.717, 1.165) is 18.7 Å². The van der Waals surface area contributed by atoms with E-state index in [1.807, 2.05) is 18.2 Å². The number of carbonyl (C=O) groups excluding carboxylic acids is 3. The van der Waals surface area contributed by atoms with Crippen LogP contribution in [0, 0.1) is 0 Å². The predicted molar refractivity (Wildman–Crippen MR) is 95.7 cm³/mol. The number of hydrogen-bond donors (Lipinski definition) is 1. The fraction of sp³-hybridized carbons (Fsp3) is 0.526. The highest BCUT2D eigenvalue weighted by atomic mass is 16.2. The molecular weight excluding hydrogens is 318 g/mol. The molecule has 0 spiro atoms. The van der Waals surface area contributed by atoms with Gasteiger partial charge in [-0.1, -0.05) is 44.2 Å². The van der Waals surface area contributed by atoms with E-state index in [9.17, 15) is 14.4 Å². The molecule has 1 aliphatic heterocycles. The second kappa shape index (κ2) is 9.32. The zero-order valence-corrected chi connectivity index (χ0v) is 15.0. The molecule has 1 aliphatic rings. The second-order valence-corrected chi connectivity index (χ2v) is 6.14. The third-order valence-corrected chi connectivity index (χ3v) is 4.65. The van der Waals surface area contributed by atoms with Crippen LogP contribution in [0.15, 0.2) is 30.3 Å². The smallest absolute Gasteiger partial charge is 0.229 e. The summed E-state index contributed by atoms with van der Waals surface area (Å²) in [5.41, 5.74) is 1.16. The Morgan fingerprint density at radius 2 is 1.72 bits per heavy atom. The van der Waals surface area contributed by atoms with Gasteiger partial charge in [0.25, 0.3) is 0 Å². The Bertz CT molecular complexity index is 583. The summed E-state index contributed by atoms with van der Waals surface area (Å²) in [7, 11) is 0. The normalized spacial score (nSPS) is 15.7. The first-order valence-electron chi connectivity index (χ1n) is 8.95. The first-order chi connectivity index (χ1) is 12.1. The van der Waals surface area contributed by atoms with Crippen molar-refractivity contribution in [2.24, 2.45) is 0 Å². The van der Waals surface area contributed by atoms with E-state index < -0.39 is 0 Å². The number of nitrogens with one attached hydrogen (secondary N) is 1. The molecule has 1 N–H and O–H groups in total. The van der Waals surface area contributed by atoms with Crippen LogP contribution in [-0.2, 0) is 14.4 Å². The van der Waals surface area contributed by atoms with Crippen molar-refractivity contribution in [1.29, 1.82) is 0 Å². The van der Waals surface area contributed by atoms with Gasteiger partial charge in [-0.25, -0.2) is 0 Å². The Morgan fingerprint density at radius 1 is 1.12 bits per heavy atom. The third-order valence-electron chi connectivity index (χ3n) is 4.65. The maximum atomic E-state index is 12.2. The van der Waals surface area contributed by atoms with Crippen molar-refractivity contribution in [3.05, 3.63) is 35.9 Å². The minimum absolute atomic E-state index is 0.107. The Kier molecular flexibility index (Phi) is 7.13. The minimum atomic E-state index is -0.178. The molecule has 1 unspecified atom stereocenters. The quantitative estimate of drug-likeness (QED) is 0.692. The molecule has 6 heteroatoms. The van der Waals surface area contributed by atoms with Gasteiger partial charge in [-0.2, -0.15) is 0 Å². The molecule has 1 saturated heterocycles. The summed E-state index contributed by atoms with van der Waals surface area (Å²) in [6.45, 7) is 6.67. The molecular formula is C19H27N3O3. The molecule has 6 nitrogen and oxygen atoms in total. The molecule has 25 heavy (non-hydrogen) atoms. The highest BCUT2D eigenvalue weighted by molar-refractivity contribution is 6.02. The summed E-state index contributed by atoms with van der Waals surface area (Å²) in [4.78, 5) is 38.8. The Labute approximate surface area is 149 Å². The first-order valence-corrected chi connectivity index (χ1v) is 8.95. The Hall–Kier alpha value is -2.21. The Balaban J connectivity index is 1.90. The average Bonchev–Trinajstić information content (AvgIpc) is 2.95. The zero-order valence-electron chi connectivity index (χ0n) is 15.0. The number of imide groups is 1. The van der Waals surface area contributed by atoms with E-state index >= 15 is 0 Å². The van der Waals surface area contributed by atoms with Crippen LogP contribution in [-0.4, -0.2) is 53.7 Å². The minimum Gasteiger partial charge on any atom is -0.354 e. The molecule has 0 aromatic heterocycles. The zero-order chi connectivity index (χ0) is 18.2. The van der Waals surface area contributed by atoms with E-state index in [-0.39, 0.29) is 49.6 Å². The van der Waals surface area contributed by atoms with E-state index in [1.54, 1.807) is 0 Å². The van der Waals surface area contributed by atoms with Gasteiger partial charge in [0.1, 0.15) is 0 Å². The number of rotatable bonds is 9. The molecule has 1 aromatic carbocycles. The van der Waals surface area contributed by atoms with Crippen LogP contribution in [0.4, 0.5) is 0 Å². The molecule has 136 valence electrons. The SMILES string of the molecule is CCN(CC)C(CNC(=O)CCN1C(=O)CCC1=O)c1ccccc1. The van der Waals surface area contributed by atoms with Crippen LogP contribution in [0.3, 0.4) is 0 Å². The maximum absolute atomic E-state index is 12.2. The van der Waals surface area contributed by atoms with E-state index in [4.69, 9.17) is 0 Å². The number of carbonyl (C=O) groups is 3. The number of hydrogen-bond acceptors (Lipinski definition) is 4. The molecule has 1 fully saturated rings. The predicted octanol–water partition coefficient (Wildman–Crippen LogP) is 1.72. The fourth-order valence-electron chi connectivity index (χ4n) is 3.18. The summed E-state index contributed by atoms with van der Waals surface area (Å²) < 4.78 is 0. The molecule has 1 heterocycles. The standard InChI is InChI=1S/C19H27N3O3/c1-3-21(4-2)16(15-8-6-5-7-9-15)14-20-17(23)12-13-22-18(24)10-11-19(22)25/h5-9,16H,3-4,10-14H2,1-2H3,(H,20,23). The van der Waals surface area contributed by atoms with Gasteiger partial charge in [0.15, 0.2) is 0 Å². The highest BCUT2D eigenvalue weighted by Crippen LogP contribution is 2.19. The van der Waals surface area contributed by atoms with Crippen molar-refractivity contribution < 1.29 is 14.4 Å². The molecule has 0 bridgehead atoms. The first kappa shape index (κ1) is 19.1. The van der Waals surface area contributed by atoms with Crippen LogP contribution in [0.5, 0.6) is 0 Å². The average molecular weight is 345 g/mol. The van der Waals surface area contributed by atoms with Gasteiger partial charge < -0.3 is 5.32 Å². The summed E-state index contributed by atoms with van der Waals surface area (Å²) in [5, 5.41) is 2.95. The van der Waals surface area contributed by atoms with Gasteiger partial charge >= 0.3 is 0 Å². The van der Waals surface area contributed by atoms with Crippen molar-refractivity contribution in [3.63, 3.8) is 0 Å². The van der Waals surface area contributed by atoms with Crippen molar-refractivity contribution in [3.8, 4) is 0 Å². The number of benzene rings is 1. The fourth-order valence-corrected chi connectivity index (χ4v) is 3.18. The van der Waals surface area contributed by atoms with Crippen molar-refractivity contribution in [2.45, 2.75) is 39.2 Å². The molecule has 1 aromatic rings. The lowest BCUT2D eigenvalue weighted by Crippen LogP contribution is -2.39. The summed E-state index contributed by atoms with van der Waals surface area (Å²) >= 11 is 0. The van der Waals surface area contributed by atoms with Gasteiger partial charge in [0.2, 0.25) is 17.7 Å². The number of amides is 3. The topological polar surface area (TPSA) is 69.7 Å². The van der Waals surface area contributed by atoms with Crippen LogP contribution >= 0.6 is 0 Å². The van der Waals surface area contributed by atoms with Crippen LogP contribution < -0.4 is 5.32 Å². The maximum Gasteiger partial charge on any atom is 0.229 e. The number of likely N-dealkylation sites (tertiary alicyclic amines) is 1. The molecule has 3 amide bonds. The monoisotopic (exact) mass is 345 g/mol. The lowest BCUT2D eigenvalue weighted by molar-refractivity contribution is -0.138. The van der Waals surface area contributed by atoms with E-state index in [0.29, 0.717) is 6.54 Å². The molecule has 2 rings (SSSR count). The van der Waals surface area contributed by atoms with Crippen LogP contribution in [0.1, 0.15) is 44.7 Å².